The molecule has 102 valence electrons. The van der Waals surface area contributed by atoms with E-state index >= 15 is 0 Å². The quantitative estimate of drug-likeness (QED) is 0.824. The van der Waals surface area contributed by atoms with E-state index in [0.29, 0.717) is 11.4 Å². The molecule has 0 aromatic heterocycles. The molecule has 2 aromatic rings. The highest BCUT2D eigenvalue weighted by atomic mass is 16.6. The first kappa shape index (κ1) is 13.4. The van der Waals surface area contributed by atoms with Gasteiger partial charge in [-0.05, 0) is 24.3 Å². The van der Waals surface area contributed by atoms with Crippen LogP contribution in [0.3, 0.4) is 0 Å². The first-order valence-corrected chi connectivity index (χ1v) is 5.78. The van der Waals surface area contributed by atoms with Crippen LogP contribution in [0.25, 0.3) is 0 Å². The molecule has 2 amide bonds. The van der Waals surface area contributed by atoms with Crippen molar-refractivity contribution in [3.63, 3.8) is 0 Å². The fourth-order valence-corrected chi connectivity index (χ4v) is 1.52. The van der Waals surface area contributed by atoms with Crippen molar-refractivity contribution in [3.8, 4) is 5.75 Å². The monoisotopic (exact) mass is 272 g/mol. The van der Waals surface area contributed by atoms with Crippen molar-refractivity contribution < 1.29 is 19.4 Å². The molecule has 0 aliphatic heterocycles. The summed E-state index contributed by atoms with van der Waals surface area (Å²) >= 11 is 0. The zero-order valence-corrected chi connectivity index (χ0v) is 10.4. The van der Waals surface area contributed by atoms with Gasteiger partial charge in [0, 0.05) is 0 Å². The van der Waals surface area contributed by atoms with Gasteiger partial charge in [0.15, 0.2) is 0 Å². The van der Waals surface area contributed by atoms with Gasteiger partial charge < -0.3 is 9.84 Å². The van der Waals surface area contributed by atoms with Gasteiger partial charge in [-0.15, -0.1) is 0 Å². The first-order valence-electron chi connectivity index (χ1n) is 5.78. The molecule has 0 atom stereocenters. The summed E-state index contributed by atoms with van der Waals surface area (Å²) in [6.45, 7) is 0. The lowest BCUT2D eigenvalue weighted by atomic mass is 10.3. The minimum Gasteiger partial charge on any atom is -0.464 e. The van der Waals surface area contributed by atoms with E-state index in [4.69, 9.17) is 9.84 Å². The highest BCUT2D eigenvalue weighted by molar-refractivity contribution is 5.91. The molecule has 0 saturated carbocycles. The Balaban J connectivity index is 2.18. The summed E-state index contributed by atoms with van der Waals surface area (Å²) in [6, 6.07) is 16.7. The topological polar surface area (TPSA) is 78.9 Å². The molecule has 2 N–H and O–H groups in total. The summed E-state index contributed by atoms with van der Waals surface area (Å²) < 4.78 is 5.09. The Kier molecular flexibility index (Phi) is 4.18. The van der Waals surface area contributed by atoms with Gasteiger partial charge in [-0.2, -0.15) is 5.01 Å². The maximum absolute atomic E-state index is 12.0. The number of carbonyl (C=O) groups excluding carboxylic acids is 1. The number of para-hydroxylation sites is 2. The molecule has 0 heterocycles. The lowest BCUT2D eigenvalue weighted by molar-refractivity contribution is 0.183. The van der Waals surface area contributed by atoms with Crippen LogP contribution in [0.5, 0.6) is 5.75 Å². The Labute approximate surface area is 115 Å². The maximum atomic E-state index is 12.0. The van der Waals surface area contributed by atoms with Gasteiger partial charge in [-0.1, -0.05) is 36.4 Å². The first-order chi connectivity index (χ1) is 9.66. The predicted octanol–water partition coefficient (Wildman–Crippen LogP) is 2.87. The molecule has 0 unspecified atom stereocenters. The van der Waals surface area contributed by atoms with Crippen LogP contribution in [0.4, 0.5) is 15.3 Å². The number of amides is 2. The summed E-state index contributed by atoms with van der Waals surface area (Å²) in [5, 5.41) is 9.61. The van der Waals surface area contributed by atoms with Crippen molar-refractivity contribution >= 4 is 17.9 Å². The molecule has 0 spiro atoms. The smallest absolute Gasteiger partial charge is 0.439 e. The summed E-state index contributed by atoms with van der Waals surface area (Å²) in [7, 11) is 0. The van der Waals surface area contributed by atoms with Crippen molar-refractivity contribution in [2.45, 2.75) is 0 Å². The molecule has 6 heteroatoms. The third-order valence-corrected chi connectivity index (χ3v) is 2.35. The Morgan fingerprint density at radius 2 is 1.50 bits per heavy atom. The van der Waals surface area contributed by atoms with Crippen LogP contribution < -0.4 is 15.2 Å². The number of benzene rings is 2. The van der Waals surface area contributed by atoms with E-state index in [1.54, 1.807) is 60.7 Å². The summed E-state index contributed by atoms with van der Waals surface area (Å²) in [5.74, 6) is 0.325. The summed E-state index contributed by atoms with van der Waals surface area (Å²) in [5.41, 5.74) is 2.35. The van der Waals surface area contributed by atoms with E-state index in [9.17, 15) is 9.59 Å². The van der Waals surface area contributed by atoms with Crippen molar-refractivity contribution in [2.75, 3.05) is 5.01 Å². The zero-order chi connectivity index (χ0) is 14.4. The average molecular weight is 272 g/mol. The van der Waals surface area contributed by atoms with Crippen molar-refractivity contribution in [2.24, 2.45) is 0 Å². The third-order valence-electron chi connectivity index (χ3n) is 2.35. The Morgan fingerprint density at radius 3 is 2.05 bits per heavy atom. The number of carbonyl (C=O) groups is 2. The van der Waals surface area contributed by atoms with Gasteiger partial charge in [0.25, 0.3) is 0 Å². The number of hydrogen-bond donors (Lipinski definition) is 2. The fraction of sp³-hybridized carbons (Fsp3) is 0. The molecule has 6 nitrogen and oxygen atoms in total. The van der Waals surface area contributed by atoms with Crippen LogP contribution in [-0.4, -0.2) is 17.3 Å². The molecule has 0 fully saturated rings. The highest BCUT2D eigenvalue weighted by Crippen LogP contribution is 2.15. The third kappa shape index (κ3) is 3.49. The summed E-state index contributed by atoms with van der Waals surface area (Å²) in [4.78, 5) is 22.8. The van der Waals surface area contributed by atoms with Crippen molar-refractivity contribution in [1.82, 2.24) is 5.43 Å². The van der Waals surface area contributed by atoms with Gasteiger partial charge in [0.1, 0.15) is 5.75 Å². The molecule has 2 rings (SSSR count). The number of anilines is 1. The van der Waals surface area contributed by atoms with E-state index in [2.05, 4.69) is 0 Å². The number of carboxylic acid groups (broad SMARTS) is 1. The molecule has 0 bridgehead atoms. The maximum Gasteiger partial charge on any atom is 0.439 e. The molecule has 0 aliphatic rings. The lowest BCUT2D eigenvalue weighted by Gasteiger charge is -2.20. The van der Waals surface area contributed by atoms with E-state index in [0.717, 1.165) is 5.01 Å². The molecular weight excluding hydrogens is 260 g/mol. The molecule has 0 aliphatic carbocycles. The van der Waals surface area contributed by atoms with Crippen LogP contribution in [0, 0.1) is 0 Å². The van der Waals surface area contributed by atoms with Crippen LogP contribution in [0.1, 0.15) is 0 Å². The van der Waals surface area contributed by atoms with Crippen LogP contribution in [0.15, 0.2) is 60.7 Å². The Morgan fingerprint density at radius 1 is 0.950 bits per heavy atom. The standard InChI is InChI=1S/C14H12N2O4/c17-13(18)15-16(11-7-3-1-4-8-11)14(19)20-12-9-5-2-6-10-12/h1-10,15H,(H,17,18). The van der Waals surface area contributed by atoms with Crippen LogP contribution in [-0.2, 0) is 0 Å². The van der Waals surface area contributed by atoms with Crippen LogP contribution in [0.2, 0.25) is 0 Å². The minimum absolute atomic E-state index is 0.325. The number of ether oxygens (including phenoxy) is 1. The number of nitrogens with one attached hydrogen (secondary N) is 1. The second kappa shape index (κ2) is 6.24. The molecule has 0 saturated heterocycles. The molecular formula is C14H12N2O4. The van der Waals surface area contributed by atoms with Gasteiger partial charge in [-0.3, -0.25) is 0 Å². The number of hydrogen-bond acceptors (Lipinski definition) is 3. The van der Waals surface area contributed by atoms with E-state index in [-0.39, 0.29) is 0 Å². The van der Waals surface area contributed by atoms with E-state index < -0.39 is 12.2 Å². The molecule has 0 radical (unpaired) electrons. The number of hydrazine groups is 1. The van der Waals surface area contributed by atoms with Gasteiger partial charge in [0.05, 0.1) is 5.69 Å². The predicted molar refractivity (Wildman–Crippen MR) is 72.5 cm³/mol. The molecule has 2 aromatic carbocycles. The van der Waals surface area contributed by atoms with Crippen molar-refractivity contribution in [3.05, 3.63) is 60.7 Å². The Hall–Kier alpha value is -3.02. The molecule has 20 heavy (non-hydrogen) atoms. The summed E-state index contributed by atoms with van der Waals surface area (Å²) in [6.07, 6.45) is -2.20. The van der Waals surface area contributed by atoms with E-state index in [1.165, 1.54) is 0 Å². The second-order valence-electron chi connectivity index (χ2n) is 3.77. The SMILES string of the molecule is O=C(O)NN(C(=O)Oc1ccccc1)c1ccccc1. The van der Waals surface area contributed by atoms with Crippen LogP contribution >= 0.6 is 0 Å². The highest BCUT2D eigenvalue weighted by Gasteiger charge is 2.20. The fourth-order valence-electron chi connectivity index (χ4n) is 1.52. The van der Waals surface area contributed by atoms with Gasteiger partial charge >= 0.3 is 12.2 Å². The largest absolute Gasteiger partial charge is 0.464 e. The number of rotatable bonds is 2. The van der Waals surface area contributed by atoms with E-state index in [1.807, 2.05) is 5.43 Å². The second-order valence-corrected chi connectivity index (χ2v) is 3.77. The zero-order valence-electron chi connectivity index (χ0n) is 10.4. The average Bonchev–Trinajstić information content (AvgIpc) is 2.46. The lowest BCUT2D eigenvalue weighted by Crippen LogP contribution is -2.47. The van der Waals surface area contributed by atoms with Gasteiger partial charge in [0.2, 0.25) is 0 Å². The normalized spacial score (nSPS) is 9.60. The Bertz CT molecular complexity index is 587. The van der Waals surface area contributed by atoms with Gasteiger partial charge in [-0.25, -0.2) is 15.0 Å². The number of nitrogens with zero attached hydrogens (tertiary/aromatic N) is 1. The van der Waals surface area contributed by atoms with Crippen molar-refractivity contribution in [1.29, 1.82) is 0 Å². The minimum atomic E-state index is -1.36.